The third kappa shape index (κ3) is 1.32. The normalized spacial score (nSPS) is 55.5. The first-order valence-corrected chi connectivity index (χ1v) is 3.78. The van der Waals surface area contributed by atoms with Crippen molar-refractivity contribution in [3.63, 3.8) is 0 Å². The van der Waals surface area contributed by atoms with Crippen LogP contribution in [0.2, 0.25) is 0 Å². The van der Waals surface area contributed by atoms with Gasteiger partial charge in [0.1, 0.15) is 0 Å². The zero-order chi connectivity index (χ0) is 7.99. The van der Waals surface area contributed by atoms with Crippen LogP contribution >= 0.6 is 0 Å². The molecule has 0 amide bonds. The Morgan fingerprint density at radius 1 is 1.30 bits per heavy atom. The van der Waals surface area contributed by atoms with Crippen LogP contribution in [0.25, 0.3) is 0 Å². The van der Waals surface area contributed by atoms with Crippen LogP contribution < -0.4 is 0 Å². The maximum Gasteiger partial charge on any atom is 0.0673 e. The molecule has 0 bridgehead atoms. The summed E-state index contributed by atoms with van der Waals surface area (Å²) in [5.41, 5.74) is -1.31. The van der Waals surface area contributed by atoms with Gasteiger partial charge in [0.25, 0.3) is 0 Å². The Labute approximate surface area is 61.9 Å². The Morgan fingerprint density at radius 3 is 1.90 bits per heavy atom. The summed E-state index contributed by atoms with van der Waals surface area (Å²) in [5.74, 6) is 0.211. The molecule has 0 saturated heterocycles. The third-order valence-electron chi connectivity index (χ3n) is 2.55. The fourth-order valence-corrected chi connectivity index (χ4v) is 1.90. The van der Waals surface area contributed by atoms with E-state index >= 15 is 0 Å². The van der Waals surface area contributed by atoms with Crippen molar-refractivity contribution in [2.75, 3.05) is 0 Å². The van der Waals surface area contributed by atoms with E-state index in [9.17, 15) is 10.2 Å². The Bertz CT molecular complexity index is 138. The molecule has 1 saturated carbocycles. The fourth-order valence-electron chi connectivity index (χ4n) is 1.90. The van der Waals surface area contributed by atoms with Gasteiger partial charge in [0, 0.05) is 6.42 Å². The zero-order valence-electron chi connectivity index (χ0n) is 6.89. The number of hydrogen-bond acceptors (Lipinski definition) is 2. The smallest absolute Gasteiger partial charge is 0.0673 e. The lowest BCUT2D eigenvalue weighted by atomic mass is 9.95. The van der Waals surface area contributed by atoms with Crippen LogP contribution in [-0.2, 0) is 0 Å². The average Bonchev–Trinajstić information content (AvgIpc) is 1.73. The number of rotatable bonds is 0. The number of aliphatic hydroxyl groups is 2. The predicted octanol–water partition coefficient (Wildman–Crippen LogP) is 0.918. The second kappa shape index (κ2) is 1.95. The summed E-state index contributed by atoms with van der Waals surface area (Å²) in [7, 11) is 0. The van der Waals surface area contributed by atoms with Gasteiger partial charge in [-0.3, -0.25) is 0 Å². The Morgan fingerprint density at radius 2 is 1.80 bits per heavy atom. The molecule has 0 heterocycles. The van der Waals surface area contributed by atoms with Crippen molar-refractivity contribution in [2.45, 2.75) is 44.8 Å². The molecule has 1 aliphatic carbocycles. The lowest BCUT2D eigenvalue weighted by Gasteiger charge is -2.21. The highest BCUT2D eigenvalue weighted by atomic mass is 16.3. The van der Waals surface area contributed by atoms with Crippen LogP contribution in [0.4, 0.5) is 0 Å². The van der Waals surface area contributed by atoms with Gasteiger partial charge in [-0.1, -0.05) is 6.92 Å². The maximum atomic E-state index is 9.64. The lowest BCUT2D eigenvalue weighted by molar-refractivity contribution is 0.00113. The van der Waals surface area contributed by atoms with Crippen LogP contribution in [0.5, 0.6) is 0 Å². The van der Waals surface area contributed by atoms with Gasteiger partial charge in [-0.05, 0) is 26.2 Å². The van der Waals surface area contributed by atoms with Gasteiger partial charge >= 0.3 is 0 Å². The summed E-state index contributed by atoms with van der Waals surface area (Å²) in [6.45, 7) is 5.55. The largest absolute Gasteiger partial charge is 0.390 e. The molecule has 1 aliphatic rings. The van der Waals surface area contributed by atoms with Crippen LogP contribution in [0.15, 0.2) is 0 Å². The Kier molecular flexibility index (Phi) is 1.57. The Hall–Kier alpha value is -0.0800. The molecule has 10 heavy (non-hydrogen) atoms. The van der Waals surface area contributed by atoms with E-state index in [0.717, 1.165) is 0 Å². The monoisotopic (exact) mass is 144 g/mol. The summed E-state index contributed by atoms with van der Waals surface area (Å²) in [6, 6.07) is 0. The first kappa shape index (κ1) is 8.02. The van der Waals surface area contributed by atoms with E-state index in [1.807, 2.05) is 6.92 Å². The molecular weight excluding hydrogens is 128 g/mol. The maximum absolute atomic E-state index is 9.64. The van der Waals surface area contributed by atoms with E-state index < -0.39 is 11.2 Å². The first-order chi connectivity index (χ1) is 4.33. The fraction of sp³-hybridized carbons (Fsp3) is 1.00. The van der Waals surface area contributed by atoms with Crippen molar-refractivity contribution in [3.8, 4) is 0 Å². The van der Waals surface area contributed by atoms with Gasteiger partial charge in [0.05, 0.1) is 11.2 Å². The highest BCUT2D eigenvalue weighted by Crippen LogP contribution is 2.41. The van der Waals surface area contributed by atoms with E-state index in [2.05, 4.69) is 0 Å². The number of hydrogen-bond donors (Lipinski definition) is 2. The molecule has 1 rings (SSSR count). The summed E-state index contributed by atoms with van der Waals surface area (Å²) < 4.78 is 0. The lowest BCUT2D eigenvalue weighted by Crippen LogP contribution is -2.28. The van der Waals surface area contributed by atoms with E-state index in [4.69, 9.17) is 0 Å². The average molecular weight is 144 g/mol. The van der Waals surface area contributed by atoms with Crippen LogP contribution in [0, 0.1) is 5.92 Å². The van der Waals surface area contributed by atoms with Crippen LogP contribution in [0.3, 0.4) is 0 Å². The zero-order valence-corrected chi connectivity index (χ0v) is 6.89. The van der Waals surface area contributed by atoms with Crippen LogP contribution in [0.1, 0.15) is 33.6 Å². The molecule has 0 spiro atoms. The van der Waals surface area contributed by atoms with Crippen molar-refractivity contribution >= 4 is 0 Å². The quantitative estimate of drug-likeness (QED) is 0.530. The first-order valence-electron chi connectivity index (χ1n) is 3.78. The van der Waals surface area contributed by atoms with E-state index in [1.165, 1.54) is 0 Å². The minimum atomic E-state index is -0.663. The molecule has 2 N–H and O–H groups in total. The van der Waals surface area contributed by atoms with E-state index in [1.54, 1.807) is 13.8 Å². The molecule has 0 radical (unpaired) electrons. The summed E-state index contributed by atoms with van der Waals surface area (Å²) in [5, 5.41) is 19.2. The molecule has 2 nitrogen and oxygen atoms in total. The Balaban J connectivity index is 2.71. The van der Waals surface area contributed by atoms with Gasteiger partial charge in [0.15, 0.2) is 0 Å². The van der Waals surface area contributed by atoms with Gasteiger partial charge < -0.3 is 10.2 Å². The van der Waals surface area contributed by atoms with Crippen molar-refractivity contribution < 1.29 is 10.2 Å². The highest BCUT2D eigenvalue weighted by Gasteiger charge is 2.45. The van der Waals surface area contributed by atoms with Gasteiger partial charge in [-0.25, -0.2) is 0 Å². The van der Waals surface area contributed by atoms with E-state index in [-0.39, 0.29) is 5.92 Å². The standard InChI is InChI=1S/C8H16O2/c1-6-4-7(2,9)5-8(6,3)10/h6,9-10H,4-5H2,1-3H3/t6-,7-,8-/m1/s1. The minimum Gasteiger partial charge on any atom is -0.390 e. The second-order valence-corrected chi connectivity index (χ2v) is 4.14. The van der Waals surface area contributed by atoms with Crippen molar-refractivity contribution in [1.29, 1.82) is 0 Å². The topological polar surface area (TPSA) is 40.5 Å². The molecule has 2 heteroatoms. The SMILES string of the molecule is C[C@@H]1C[C@@](C)(O)C[C@@]1(C)O. The second-order valence-electron chi connectivity index (χ2n) is 4.14. The van der Waals surface area contributed by atoms with Gasteiger partial charge in [-0.15, -0.1) is 0 Å². The van der Waals surface area contributed by atoms with Crippen molar-refractivity contribution in [2.24, 2.45) is 5.92 Å². The van der Waals surface area contributed by atoms with Gasteiger partial charge in [-0.2, -0.15) is 0 Å². The van der Waals surface area contributed by atoms with E-state index in [0.29, 0.717) is 12.8 Å². The molecular formula is C8H16O2. The molecule has 0 aromatic rings. The molecule has 0 unspecified atom stereocenters. The van der Waals surface area contributed by atoms with Crippen LogP contribution in [-0.4, -0.2) is 21.4 Å². The summed E-state index contributed by atoms with van der Waals surface area (Å²) in [6.07, 6.45) is 1.21. The molecule has 0 aromatic heterocycles. The predicted molar refractivity (Wildman–Crippen MR) is 39.6 cm³/mol. The van der Waals surface area contributed by atoms with Crippen molar-refractivity contribution in [1.82, 2.24) is 0 Å². The molecule has 60 valence electrons. The highest BCUT2D eigenvalue weighted by molar-refractivity contribution is 4.97. The molecule has 1 fully saturated rings. The minimum absolute atomic E-state index is 0.211. The molecule has 3 atom stereocenters. The third-order valence-corrected chi connectivity index (χ3v) is 2.55. The van der Waals surface area contributed by atoms with Gasteiger partial charge in [0.2, 0.25) is 0 Å². The van der Waals surface area contributed by atoms with Crippen molar-refractivity contribution in [3.05, 3.63) is 0 Å². The molecule has 0 aromatic carbocycles. The summed E-state index contributed by atoms with van der Waals surface area (Å²) in [4.78, 5) is 0. The summed E-state index contributed by atoms with van der Waals surface area (Å²) >= 11 is 0. The molecule has 0 aliphatic heterocycles.